The van der Waals surface area contributed by atoms with Crippen LogP contribution in [0.15, 0.2) is 17.5 Å². The van der Waals surface area contributed by atoms with E-state index in [9.17, 15) is 15.2 Å². The summed E-state index contributed by atoms with van der Waals surface area (Å²) in [6, 6.07) is -0.443. The Hall–Kier alpha value is -1.42. The molecule has 0 fully saturated rings. The number of H-pyrrole nitrogens is 1. The number of rotatable bonds is 10. The summed E-state index contributed by atoms with van der Waals surface area (Å²) in [7, 11) is -0.780. The average molecular weight is 311 g/mol. The molecule has 8 nitrogen and oxygen atoms in total. The second-order valence-electron chi connectivity index (χ2n) is 5.41. The van der Waals surface area contributed by atoms with Crippen LogP contribution >= 0.6 is 0 Å². The van der Waals surface area contributed by atoms with Crippen molar-refractivity contribution in [1.82, 2.24) is 15.2 Å². The summed E-state index contributed by atoms with van der Waals surface area (Å²) >= 11 is 0. The van der Waals surface area contributed by atoms with E-state index >= 15 is 0 Å². The minimum atomic E-state index is -1.09. The van der Waals surface area contributed by atoms with E-state index in [0.29, 0.717) is 24.5 Å². The summed E-state index contributed by atoms with van der Waals surface area (Å²) in [6.45, 7) is 3.94. The Labute approximate surface area is 131 Å². The standard InChI is InChI=1S/C13H26BN5O3/c1-9(15)17-6-4-3-5-10(19-14(2)22)12(20)13(21)11-7-16-8-18-11/h7-8,10,12-13,19-22H,3-6H2,1-2H3,(H2,15,17)(H,16,18). The number of imidazole rings is 1. The highest BCUT2D eigenvalue weighted by Crippen LogP contribution is 2.19. The predicted molar refractivity (Wildman–Crippen MR) is 86.3 cm³/mol. The average Bonchev–Trinajstić information content (AvgIpc) is 2.97. The number of aromatic nitrogens is 2. The van der Waals surface area contributed by atoms with Gasteiger partial charge in [-0.2, -0.15) is 0 Å². The Kier molecular flexibility index (Phi) is 8.11. The predicted octanol–water partition coefficient (Wildman–Crippen LogP) is -0.580. The summed E-state index contributed by atoms with van der Waals surface area (Å²) < 4.78 is 0. The molecule has 0 amide bonds. The number of amidine groups is 1. The van der Waals surface area contributed by atoms with Gasteiger partial charge in [0.05, 0.1) is 30.2 Å². The van der Waals surface area contributed by atoms with Crippen molar-refractivity contribution >= 4 is 12.9 Å². The molecule has 1 aromatic heterocycles. The van der Waals surface area contributed by atoms with E-state index in [1.54, 1.807) is 13.7 Å². The summed E-state index contributed by atoms with van der Waals surface area (Å²) in [5.41, 5.74) is 5.90. The molecule has 22 heavy (non-hydrogen) atoms. The minimum absolute atomic E-state index is 0.438. The zero-order valence-corrected chi connectivity index (χ0v) is 13.1. The summed E-state index contributed by atoms with van der Waals surface area (Å²) in [5.74, 6) is 0.549. The van der Waals surface area contributed by atoms with Crippen molar-refractivity contribution < 1.29 is 15.2 Å². The number of aliphatic hydroxyl groups is 2. The lowest BCUT2D eigenvalue weighted by Crippen LogP contribution is -2.49. The highest BCUT2D eigenvalue weighted by Gasteiger charge is 2.29. The molecule has 7 N–H and O–H groups in total. The van der Waals surface area contributed by atoms with Gasteiger partial charge >= 0.3 is 7.05 Å². The van der Waals surface area contributed by atoms with E-state index < -0.39 is 25.3 Å². The molecule has 0 aromatic carbocycles. The monoisotopic (exact) mass is 311 g/mol. The van der Waals surface area contributed by atoms with Gasteiger partial charge in [0.2, 0.25) is 0 Å². The molecular weight excluding hydrogens is 285 g/mol. The molecule has 3 atom stereocenters. The zero-order chi connectivity index (χ0) is 16.5. The topological polar surface area (TPSA) is 140 Å². The lowest BCUT2D eigenvalue weighted by molar-refractivity contribution is -0.00579. The first-order valence-electron chi connectivity index (χ1n) is 7.47. The minimum Gasteiger partial charge on any atom is -0.437 e. The molecule has 0 radical (unpaired) electrons. The molecule has 0 saturated carbocycles. The van der Waals surface area contributed by atoms with Gasteiger partial charge in [0.25, 0.3) is 0 Å². The summed E-state index contributed by atoms with van der Waals surface area (Å²) in [5, 5.41) is 32.8. The van der Waals surface area contributed by atoms with E-state index in [-0.39, 0.29) is 0 Å². The van der Waals surface area contributed by atoms with Crippen LogP contribution in [0.4, 0.5) is 0 Å². The third-order valence-electron chi connectivity index (χ3n) is 3.31. The molecule has 1 aromatic rings. The Bertz CT molecular complexity index is 437. The summed E-state index contributed by atoms with van der Waals surface area (Å²) in [4.78, 5) is 10.7. The van der Waals surface area contributed by atoms with Crippen molar-refractivity contribution in [3.63, 3.8) is 0 Å². The number of nitrogens with zero attached hydrogens (tertiary/aromatic N) is 2. The van der Waals surface area contributed by atoms with Crippen LogP contribution in [0.25, 0.3) is 0 Å². The smallest absolute Gasteiger partial charge is 0.373 e. The molecule has 9 heteroatoms. The molecule has 124 valence electrons. The Morgan fingerprint density at radius 2 is 2.23 bits per heavy atom. The van der Waals surface area contributed by atoms with Crippen molar-refractivity contribution in [3.05, 3.63) is 18.2 Å². The Morgan fingerprint density at radius 3 is 2.77 bits per heavy atom. The number of hydrogen-bond acceptors (Lipinski definition) is 6. The molecular formula is C13H26BN5O3. The number of hydrogen-bond donors (Lipinski definition) is 6. The van der Waals surface area contributed by atoms with Gasteiger partial charge in [0.1, 0.15) is 6.10 Å². The maximum absolute atomic E-state index is 10.3. The fraction of sp³-hybridized carbons (Fsp3) is 0.692. The third-order valence-corrected chi connectivity index (χ3v) is 3.31. The van der Waals surface area contributed by atoms with Gasteiger partial charge < -0.3 is 31.2 Å². The largest absolute Gasteiger partial charge is 0.437 e. The van der Waals surface area contributed by atoms with Gasteiger partial charge in [0.15, 0.2) is 0 Å². The molecule has 0 aliphatic rings. The Morgan fingerprint density at radius 1 is 1.50 bits per heavy atom. The highest BCUT2D eigenvalue weighted by atomic mass is 16.3. The van der Waals surface area contributed by atoms with Gasteiger partial charge in [-0.25, -0.2) is 4.98 Å². The molecule has 0 saturated heterocycles. The van der Waals surface area contributed by atoms with E-state index in [1.807, 2.05) is 0 Å². The van der Waals surface area contributed by atoms with E-state index in [4.69, 9.17) is 5.73 Å². The third kappa shape index (κ3) is 6.57. The highest BCUT2D eigenvalue weighted by molar-refractivity contribution is 6.45. The normalized spacial score (nSPS) is 16.3. The Balaban J connectivity index is 2.53. The second-order valence-corrected chi connectivity index (χ2v) is 5.41. The van der Waals surface area contributed by atoms with Crippen LogP contribution in [-0.4, -0.2) is 56.8 Å². The maximum Gasteiger partial charge on any atom is 0.373 e. The SMILES string of the molecule is CB(O)NC(CCCCN=C(C)N)C(O)C(O)c1cnc[nH]1. The van der Waals surface area contributed by atoms with E-state index in [2.05, 4.69) is 20.2 Å². The van der Waals surface area contributed by atoms with Gasteiger partial charge in [-0.3, -0.25) is 4.99 Å². The number of nitrogens with two attached hydrogens (primary N) is 1. The van der Waals surface area contributed by atoms with Crippen LogP contribution in [-0.2, 0) is 0 Å². The van der Waals surface area contributed by atoms with Crippen LogP contribution in [0.5, 0.6) is 0 Å². The lowest BCUT2D eigenvalue weighted by atomic mass is 9.84. The number of aliphatic imine (C=N–C) groups is 1. The molecule has 0 bridgehead atoms. The first kappa shape index (κ1) is 18.6. The fourth-order valence-electron chi connectivity index (χ4n) is 2.23. The quantitative estimate of drug-likeness (QED) is 0.148. The van der Waals surface area contributed by atoms with Gasteiger partial charge in [-0.1, -0.05) is 0 Å². The van der Waals surface area contributed by atoms with Crippen molar-refractivity contribution in [2.75, 3.05) is 6.54 Å². The van der Waals surface area contributed by atoms with Crippen LogP contribution in [0.1, 0.15) is 38.0 Å². The number of unbranched alkanes of at least 4 members (excludes halogenated alkanes) is 1. The number of nitrogens with one attached hydrogen (secondary N) is 2. The van der Waals surface area contributed by atoms with E-state index in [1.165, 1.54) is 12.5 Å². The first-order chi connectivity index (χ1) is 10.4. The molecule has 3 unspecified atom stereocenters. The van der Waals surface area contributed by atoms with Gasteiger partial charge in [-0.05, 0) is 33.0 Å². The van der Waals surface area contributed by atoms with Crippen LogP contribution in [0.2, 0.25) is 6.82 Å². The second kappa shape index (κ2) is 9.57. The van der Waals surface area contributed by atoms with Crippen LogP contribution in [0, 0.1) is 0 Å². The molecule has 1 rings (SSSR count). The maximum atomic E-state index is 10.3. The van der Waals surface area contributed by atoms with Crippen LogP contribution in [0.3, 0.4) is 0 Å². The van der Waals surface area contributed by atoms with E-state index in [0.717, 1.165) is 12.8 Å². The van der Waals surface area contributed by atoms with Gasteiger partial charge in [-0.15, -0.1) is 0 Å². The fourth-order valence-corrected chi connectivity index (χ4v) is 2.23. The number of aliphatic hydroxyl groups excluding tert-OH is 2. The summed E-state index contributed by atoms with van der Waals surface area (Å²) in [6.07, 6.45) is 2.95. The van der Waals surface area contributed by atoms with Crippen molar-refractivity contribution in [2.45, 2.75) is 51.3 Å². The molecule has 0 spiro atoms. The van der Waals surface area contributed by atoms with Crippen molar-refractivity contribution in [2.24, 2.45) is 10.7 Å². The molecule has 0 aliphatic carbocycles. The first-order valence-corrected chi connectivity index (χ1v) is 7.47. The van der Waals surface area contributed by atoms with Crippen molar-refractivity contribution in [3.8, 4) is 0 Å². The lowest BCUT2D eigenvalue weighted by Gasteiger charge is -2.28. The van der Waals surface area contributed by atoms with Gasteiger partial charge in [0, 0.05) is 12.6 Å². The molecule has 0 aliphatic heterocycles. The van der Waals surface area contributed by atoms with Crippen molar-refractivity contribution in [1.29, 1.82) is 0 Å². The van der Waals surface area contributed by atoms with Crippen LogP contribution < -0.4 is 11.0 Å². The number of aromatic amines is 1. The zero-order valence-electron chi connectivity index (χ0n) is 13.1. The molecule has 1 heterocycles.